The summed E-state index contributed by atoms with van der Waals surface area (Å²) in [5.74, 6) is 0. The number of anilines is 1. The molecule has 1 aromatic carbocycles. The molecule has 0 saturated carbocycles. The lowest BCUT2D eigenvalue weighted by molar-refractivity contribution is 0.0232. The number of benzene rings is 1. The summed E-state index contributed by atoms with van der Waals surface area (Å²) < 4.78 is 7.53. The van der Waals surface area contributed by atoms with Gasteiger partial charge in [0.1, 0.15) is 0 Å². The molecule has 2 unspecified atom stereocenters. The summed E-state index contributed by atoms with van der Waals surface area (Å²) in [5, 5.41) is 7.87. The Labute approximate surface area is 119 Å². The molecule has 1 saturated heterocycles. The summed E-state index contributed by atoms with van der Waals surface area (Å²) in [6.45, 7) is 3.81. The molecule has 0 amide bonds. The van der Waals surface area contributed by atoms with Gasteiger partial charge in [0.25, 0.3) is 0 Å². The highest BCUT2D eigenvalue weighted by Gasteiger charge is 2.18. The fourth-order valence-corrected chi connectivity index (χ4v) is 2.71. The van der Waals surface area contributed by atoms with Crippen LogP contribution in [0.4, 0.5) is 5.69 Å². The van der Waals surface area contributed by atoms with Gasteiger partial charge in [-0.05, 0) is 43.5 Å². The molecule has 2 heterocycles. The van der Waals surface area contributed by atoms with Gasteiger partial charge in [-0.25, -0.2) is 0 Å². The van der Waals surface area contributed by atoms with Crippen molar-refractivity contribution in [3.8, 4) is 0 Å². The Balaban J connectivity index is 1.65. The van der Waals surface area contributed by atoms with E-state index in [1.165, 1.54) is 11.3 Å². The van der Waals surface area contributed by atoms with Crippen LogP contribution in [0.15, 0.2) is 42.7 Å². The van der Waals surface area contributed by atoms with Gasteiger partial charge in [0, 0.05) is 30.7 Å². The number of ether oxygens (including phenoxy) is 1. The third-order valence-electron chi connectivity index (χ3n) is 3.69. The minimum atomic E-state index is 0.355. The van der Waals surface area contributed by atoms with Gasteiger partial charge in [0.15, 0.2) is 0 Å². The normalized spacial score (nSPS) is 22.6. The second-order valence-corrected chi connectivity index (χ2v) is 5.45. The minimum absolute atomic E-state index is 0.355. The first-order valence-corrected chi connectivity index (χ1v) is 7.24. The van der Waals surface area contributed by atoms with Crippen molar-refractivity contribution in [2.75, 3.05) is 11.9 Å². The van der Waals surface area contributed by atoms with Gasteiger partial charge in [-0.2, -0.15) is 5.10 Å². The molecule has 1 N–H and O–H groups in total. The van der Waals surface area contributed by atoms with E-state index in [2.05, 4.69) is 41.6 Å². The highest BCUT2D eigenvalue weighted by Crippen LogP contribution is 2.19. The van der Waals surface area contributed by atoms with Crippen molar-refractivity contribution in [3.05, 3.63) is 48.3 Å². The molecule has 1 aromatic heterocycles. The number of nitrogens with zero attached hydrogens (tertiary/aromatic N) is 2. The average molecular weight is 271 g/mol. The van der Waals surface area contributed by atoms with Crippen LogP contribution in [0.1, 0.15) is 25.3 Å². The second kappa shape index (κ2) is 6.09. The van der Waals surface area contributed by atoms with Crippen LogP contribution >= 0.6 is 0 Å². The molecule has 106 valence electrons. The molecule has 20 heavy (non-hydrogen) atoms. The fraction of sp³-hybridized carbons (Fsp3) is 0.438. The summed E-state index contributed by atoms with van der Waals surface area (Å²) in [6, 6.07) is 11.0. The minimum Gasteiger partial charge on any atom is -0.382 e. The first kappa shape index (κ1) is 13.2. The fourth-order valence-electron chi connectivity index (χ4n) is 2.71. The molecule has 0 aliphatic carbocycles. The molecule has 1 aliphatic heterocycles. The Morgan fingerprint density at radius 1 is 1.40 bits per heavy atom. The smallest absolute Gasteiger partial charge is 0.0660 e. The number of nitrogens with one attached hydrogen (secondary N) is 1. The maximum atomic E-state index is 5.59. The van der Waals surface area contributed by atoms with Gasteiger partial charge in [-0.3, -0.25) is 4.68 Å². The van der Waals surface area contributed by atoms with E-state index in [9.17, 15) is 0 Å². The molecular formula is C16H21N3O. The van der Waals surface area contributed by atoms with Crippen molar-refractivity contribution in [1.29, 1.82) is 0 Å². The Morgan fingerprint density at radius 2 is 2.35 bits per heavy atom. The van der Waals surface area contributed by atoms with Gasteiger partial charge in [-0.1, -0.05) is 12.1 Å². The molecule has 0 radical (unpaired) electrons. The Hall–Kier alpha value is -1.81. The summed E-state index contributed by atoms with van der Waals surface area (Å²) in [7, 11) is 0. The van der Waals surface area contributed by atoms with Crippen molar-refractivity contribution in [2.24, 2.45) is 0 Å². The first-order valence-electron chi connectivity index (χ1n) is 7.24. The molecule has 4 nitrogen and oxygen atoms in total. The van der Waals surface area contributed by atoms with Crippen LogP contribution < -0.4 is 5.32 Å². The molecule has 1 aliphatic rings. The summed E-state index contributed by atoms with van der Waals surface area (Å²) in [5.41, 5.74) is 2.45. The molecule has 2 atom stereocenters. The molecular weight excluding hydrogens is 250 g/mol. The van der Waals surface area contributed by atoms with Crippen LogP contribution in [0.2, 0.25) is 0 Å². The third kappa shape index (κ3) is 3.39. The maximum absolute atomic E-state index is 5.59. The predicted octanol–water partition coefficient (Wildman–Crippen LogP) is 2.91. The molecule has 3 rings (SSSR count). The van der Waals surface area contributed by atoms with Crippen LogP contribution in [-0.4, -0.2) is 28.5 Å². The van der Waals surface area contributed by atoms with Crippen LogP contribution in [-0.2, 0) is 11.3 Å². The zero-order valence-electron chi connectivity index (χ0n) is 11.8. The quantitative estimate of drug-likeness (QED) is 0.929. The predicted molar refractivity (Wildman–Crippen MR) is 79.8 cm³/mol. The number of aromatic nitrogens is 2. The van der Waals surface area contributed by atoms with Crippen LogP contribution in [0, 0.1) is 0 Å². The van der Waals surface area contributed by atoms with E-state index in [1.807, 2.05) is 23.1 Å². The lowest BCUT2D eigenvalue weighted by atomic mass is 10.0. The van der Waals surface area contributed by atoms with Crippen molar-refractivity contribution in [2.45, 2.75) is 38.5 Å². The second-order valence-electron chi connectivity index (χ2n) is 5.45. The van der Waals surface area contributed by atoms with E-state index in [1.54, 1.807) is 0 Å². The average Bonchev–Trinajstić information content (AvgIpc) is 2.92. The molecule has 0 bridgehead atoms. The molecule has 4 heteroatoms. The highest BCUT2D eigenvalue weighted by molar-refractivity contribution is 5.46. The maximum Gasteiger partial charge on any atom is 0.0660 e. The van der Waals surface area contributed by atoms with E-state index in [0.717, 1.165) is 26.0 Å². The summed E-state index contributed by atoms with van der Waals surface area (Å²) in [6.07, 6.45) is 6.30. The standard InChI is InChI=1S/C16H21N3O/c1-13-10-16(6-9-20-13)18-15-5-2-4-14(11-15)12-19-8-3-7-17-19/h2-5,7-8,11,13,16,18H,6,9-10,12H2,1H3. The summed E-state index contributed by atoms with van der Waals surface area (Å²) in [4.78, 5) is 0. The van der Waals surface area contributed by atoms with Gasteiger partial charge < -0.3 is 10.1 Å². The van der Waals surface area contributed by atoms with E-state index < -0.39 is 0 Å². The van der Waals surface area contributed by atoms with Gasteiger partial charge in [-0.15, -0.1) is 0 Å². The molecule has 1 fully saturated rings. The largest absolute Gasteiger partial charge is 0.382 e. The Kier molecular flexibility index (Phi) is 4.02. The van der Waals surface area contributed by atoms with Crippen LogP contribution in [0.5, 0.6) is 0 Å². The van der Waals surface area contributed by atoms with Gasteiger partial charge >= 0.3 is 0 Å². The first-order chi connectivity index (χ1) is 9.79. The number of hydrogen-bond donors (Lipinski definition) is 1. The van der Waals surface area contributed by atoms with E-state index >= 15 is 0 Å². The SMILES string of the molecule is CC1CC(Nc2cccc(Cn3cccn3)c2)CCO1. The van der Waals surface area contributed by atoms with Gasteiger partial charge in [0.05, 0.1) is 12.6 Å². The number of hydrogen-bond acceptors (Lipinski definition) is 3. The van der Waals surface area contributed by atoms with Crippen LogP contribution in [0.3, 0.4) is 0 Å². The lowest BCUT2D eigenvalue weighted by Crippen LogP contribution is -2.32. The monoisotopic (exact) mass is 271 g/mol. The van der Waals surface area contributed by atoms with Crippen molar-refractivity contribution < 1.29 is 4.74 Å². The van der Waals surface area contributed by atoms with Crippen molar-refractivity contribution in [3.63, 3.8) is 0 Å². The van der Waals surface area contributed by atoms with Crippen molar-refractivity contribution in [1.82, 2.24) is 9.78 Å². The van der Waals surface area contributed by atoms with E-state index in [4.69, 9.17) is 4.74 Å². The van der Waals surface area contributed by atoms with Gasteiger partial charge in [0.2, 0.25) is 0 Å². The van der Waals surface area contributed by atoms with E-state index in [-0.39, 0.29) is 0 Å². The third-order valence-corrected chi connectivity index (χ3v) is 3.69. The van der Waals surface area contributed by atoms with Crippen LogP contribution in [0.25, 0.3) is 0 Å². The summed E-state index contributed by atoms with van der Waals surface area (Å²) >= 11 is 0. The molecule has 0 spiro atoms. The van der Waals surface area contributed by atoms with E-state index in [0.29, 0.717) is 12.1 Å². The highest BCUT2D eigenvalue weighted by atomic mass is 16.5. The Bertz CT molecular complexity index is 538. The zero-order valence-corrected chi connectivity index (χ0v) is 11.8. The zero-order chi connectivity index (χ0) is 13.8. The number of rotatable bonds is 4. The topological polar surface area (TPSA) is 39.1 Å². The van der Waals surface area contributed by atoms with Crippen molar-refractivity contribution >= 4 is 5.69 Å². The lowest BCUT2D eigenvalue weighted by Gasteiger charge is -2.28. The molecule has 2 aromatic rings. The Morgan fingerprint density at radius 3 is 3.15 bits per heavy atom.